The quantitative estimate of drug-likeness (QED) is 0.419. The zero-order chi connectivity index (χ0) is 17.4. The Labute approximate surface area is 147 Å². The van der Waals surface area contributed by atoms with Gasteiger partial charge in [-0.1, -0.05) is 77.6 Å². The summed E-state index contributed by atoms with van der Waals surface area (Å²) in [6.07, 6.45) is 12.4. The fraction of sp³-hybridized carbons (Fsp3) is 1.00. The molecule has 1 atom stereocenters. The van der Waals surface area contributed by atoms with Gasteiger partial charge in [0.25, 0.3) is 0 Å². The summed E-state index contributed by atoms with van der Waals surface area (Å²) in [5.41, 5.74) is 0. The number of hydrogen-bond donors (Lipinski definition) is 0. The molecule has 2 rings (SSSR count). The van der Waals surface area contributed by atoms with Gasteiger partial charge in [-0.2, -0.15) is 13.2 Å². The molecule has 0 spiro atoms. The van der Waals surface area contributed by atoms with Crippen molar-refractivity contribution in [2.24, 2.45) is 23.7 Å². The van der Waals surface area contributed by atoms with E-state index >= 15 is 0 Å². The minimum atomic E-state index is -3.99. The van der Waals surface area contributed by atoms with Crippen LogP contribution in [0.25, 0.3) is 0 Å². The van der Waals surface area contributed by atoms with Crippen LogP contribution in [0.5, 0.6) is 0 Å². The molecule has 0 saturated heterocycles. The molecule has 0 aliphatic heterocycles. The third kappa shape index (κ3) is 6.59. The van der Waals surface area contributed by atoms with Crippen LogP contribution < -0.4 is 0 Å². The molecule has 0 N–H and O–H groups in total. The van der Waals surface area contributed by atoms with E-state index in [0.717, 1.165) is 31.1 Å². The van der Waals surface area contributed by atoms with Gasteiger partial charge in [0.2, 0.25) is 0 Å². The molecule has 0 aromatic heterocycles. The Hall–Kier alpha value is -0.210. The van der Waals surface area contributed by atoms with Gasteiger partial charge in [-0.25, -0.2) is 0 Å². The van der Waals surface area contributed by atoms with Crippen LogP contribution in [-0.2, 0) is 0 Å². The van der Waals surface area contributed by atoms with Crippen LogP contribution in [0, 0.1) is 23.7 Å². The smallest absolute Gasteiger partial charge is 0.171 e. The molecule has 0 aromatic carbocycles. The van der Waals surface area contributed by atoms with E-state index in [1.165, 1.54) is 57.8 Å². The molecule has 0 heterocycles. The first-order chi connectivity index (χ1) is 11.5. The second-order valence-electron chi connectivity index (χ2n) is 8.49. The van der Waals surface area contributed by atoms with Gasteiger partial charge in [-0.05, 0) is 43.4 Å². The molecule has 24 heavy (non-hydrogen) atoms. The molecule has 1 unspecified atom stereocenters. The Morgan fingerprint density at radius 2 is 1.38 bits per heavy atom. The first-order valence-electron chi connectivity index (χ1n) is 10.6. The molecule has 0 radical (unpaired) electrons. The highest BCUT2D eigenvalue weighted by molar-refractivity contribution is 4.80. The van der Waals surface area contributed by atoms with Crippen molar-refractivity contribution >= 4 is 0 Å². The van der Waals surface area contributed by atoms with Gasteiger partial charge in [0.05, 0.1) is 5.92 Å². The Morgan fingerprint density at radius 1 is 0.792 bits per heavy atom. The summed E-state index contributed by atoms with van der Waals surface area (Å²) in [6, 6.07) is 0. The summed E-state index contributed by atoms with van der Waals surface area (Å²) in [7, 11) is 0. The van der Waals surface area contributed by atoms with Gasteiger partial charge in [0.1, 0.15) is 0 Å². The summed E-state index contributed by atoms with van der Waals surface area (Å²) >= 11 is 0. The summed E-state index contributed by atoms with van der Waals surface area (Å²) in [4.78, 5) is 0. The SMILES string of the molecule is CCCCC(CCCC1CCC(C2CCCCC2)CC1)C(F)(F)F. The van der Waals surface area contributed by atoms with Crippen molar-refractivity contribution in [1.82, 2.24) is 0 Å². The highest BCUT2D eigenvalue weighted by Crippen LogP contribution is 2.41. The molecule has 2 fully saturated rings. The van der Waals surface area contributed by atoms with Crippen molar-refractivity contribution in [3.05, 3.63) is 0 Å². The van der Waals surface area contributed by atoms with Crippen LogP contribution in [-0.4, -0.2) is 6.18 Å². The molecule has 0 nitrogen and oxygen atoms in total. The predicted octanol–water partition coefficient (Wildman–Crippen LogP) is 7.91. The largest absolute Gasteiger partial charge is 0.391 e. The fourth-order valence-electron chi connectivity index (χ4n) is 5.13. The van der Waals surface area contributed by atoms with Crippen molar-refractivity contribution in [1.29, 1.82) is 0 Å². The molecular formula is C21H37F3. The molecule has 0 amide bonds. The van der Waals surface area contributed by atoms with E-state index in [4.69, 9.17) is 0 Å². The van der Waals surface area contributed by atoms with Crippen molar-refractivity contribution in [3.63, 3.8) is 0 Å². The minimum Gasteiger partial charge on any atom is -0.171 e. The lowest BCUT2D eigenvalue weighted by Crippen LogP contribution is -2.25. The van der Waals surface area contributed by atoms with E-state index in [1.807, 2.05) is 6.92 Å². The molecule has 3 heteroatoms. The summed E-state index contributed by atoms with van der Waals surface area (Å²) in [5.74, 6) is 1.53. The third-order valence-corrected chi connectivity index (χ3v) is 6.74. The third-order valence-electron chi connectivity index (χ3n) is 6.74. The standard InChI is InChI=1S/C21H37F3/c1-2-3-11-20(21(22,23)24)12-7-8-17-13-15-19(16-14-17)18-9-5-4-6-10-18/h17-20H,2-16H2,1H3. The van der Waals surface area contributed by atoms with Crippen LogP contribution in [0.2, 0.25) is 0 Å². The number of rotatable bonds is 8. The maximum atomic E-state index is 13.1. The lowest BCUT2D eigenvalue weighted by atomic mass is 9.70. The molecule has 2 aliphatic rings. The molecule has 2 saturated carbocycles. The summed E-state index contributed by atoms with van der Waals surface area (Å²) in [5, 5.41) is 0. The molecular weight excluding hydrogens is 309 g/mol. The number of halogens is 3. The predicted molar refractivity (Wildman–Crippen MR) is 94.9 cm³/mol. The first kappa shape index (κ1) is 20.1. The van der Waals surface area contributed by atoms with Crippen LogP contribution in [0.3, 0.4) is 0 Å². The van der Waals surface area contributed by atoms with Crippen molar-refractivity contribution in [2.75, 3.05) is 0 Å². The first-order valence-corrected chi connectivity index (χ1v) is 10.6. The number of unbranched alkanes of at least 4 members (excludes halogenated alkanes) is 1. The Kier molecular flexibility index (Phi) is 8.43. The van der Waals surface area contributed by atoms with E-state index in [-0.39, 0.29) is 0 Å². The van der Waals surface area contributed by atoms with E-state index in [9.17, 15) is 13.2 Å². The van der Waals surface area contributed by atoms with Crippen molar-refractivity contribution in [3.8, 4) is 0 Å². The maximum absolute atomic E-state index is 13.1. The number of hydrogen-bond acceptors (Lipinski definition) is 0. The van der Waals surface area contributed by atoms with E-state index in [2.05, 4.69) is 0 Å². The van der Waals surface area contributed by atoms with Gasteiger partial charge in [-0.3, -0.25) is 0 Å². The van der Waals surface area contributed by atoms with Gasteiger partial charge < -0.3 is 0 Å². The van der Waals surface area contributed by atoms with Gasteiger partial charge in [-0.15, -0.1) is 0 Å². The Morgan fingerprint density at radius 3 is 1.96 bits per heavy atom. The van der Waals surface area contributed by atoms with E-state index < -0.39 is 12.1 Å². The van der Waals surface area contributed by atoms with E-state index in [1.54, 1.807) is 0 Å². The second-order valence-corrected chi connectivity index (χ2v) is 8.49. The topological polar surface area (TPSA) is 0 Å². The van der Waals surface area contributed by atoms with Crippen molar-refractivity contribution in [2.45, 2.75) is 109 Å². The zero-order valence-corrected chi connectivity index (χ0v) is 15.5. The van der Waals surface area contributed by atoms with Gasteiger partial charge in [0, 0.05) is 0 Å². The average Bonchev–Trinajstić information content (AvgIpc) is 2.58. The maximum Gasteiger partial charge on any atom is 0.391 e. The second kappa shape index (κ2) is 10.1. The summed E-state index contributed by atoms with van der Waals surface area (Å²) in [6.45, 7) is 1.97. The monoisotopic (exact) mass is 346 g/mol. The highest BCUT2D eigenvalue weighted by atomic mass is 19.4. The average molecular weight is 347 g/mol. The highest BCUT2D eigenvalue weighted by Gasteiger charge is 2.38. The Bertz CT molecular complexity index is 322. The molecule has 0 aromatic rings. The fourth-order valence-corrected chi connectivity index (χ4v) is 5.13. The summed E-state index contributed by atoms with van der Waals surface area (Å²) < 4.78 is 39.2. The van der Waals surface area contributed by atoms with Crippen LogP contribution in [0.4, 0.5) is 13.2 Å². The lowest BCUT2D eigenvalue weighted by molar-refractivity contribution is -0.178. The molecule has 2 aliphatic carbocycles. The van der Waals surface area contributed by atoms with Crippen LogP contribution in [0.1, 0.15) is 103 Å². The van der Waals surface area contributed by atoms with Crippen molar-refractivity contribution < 1.29 is 13.2 Å². The minimum absolute atomic E-state index is 0.328. The van der Waals surface area contributed by atoms with Gasteiger partial charge >= 0.3 is 6.18 Å². The normalized spacial score (nSPS) is 28.0. The lowest BCUT2D eigenvalue weighted by Gasteiger charge is -2.36. The van der Waals surface area contributed by atoms with E-state index in [0.29, 0.717) is 25.2 Å². The van der Waals surface area contributed by atoms with Crippen LogP contribution in [0.15, 0.2) is 0 Å². The zero-order valence-electron chi connectivity index (χ0n) is 15.5. The molecule has 142 valence electrons. The molecule has 0 bridgehead atoms. The van der Waals surface area contributed by atoms with Crippen LogP contribution >= 0.6 is 0 Å². The number of alkyl halides is 3. The Balaban J connectivity index is 1.64. The van der Waals surface area contributed by atoms with Gasteiger partial charge in [0.15, 0.2) is 0 Å².